The van der Waals surface area contributed by atoms with E-state index in [1.165, 1.54) is 7.11 Å². The molecular weight excluding hydrogens is 498 g/mol. The molecule has 2 aromatic carbocycles. The number of hydrogen-bond donors (Lipinski definition) is 2. The number of halogens is 1. The number of esters is 1. The maximum atomic E-state index is 13.9. The van der Waals surface area contributed by atoms with Crippen molar-refractivity contribution in [3.05, 3.63) is 81.2 Å². The van der Waals surface area contributed by atoms with E-state index in [2.05, 4.69) is 21.2 Å². The van der Waals surface area contributed by atoms with Gasteiger partial charge in [-0.2, -0.15) is 0 Å². The first-order valence-electron chi connectivity index (χ1n) is 10.9. The number of ether oxygens (including phenoxy) is 1. The molecule has 5 rings (SSSR count). The molecule has 1 amide bonds. The zero-order chi connectivity index (χ0) is 24.4. The molecule has 2 aliphatic heterocycles. The lowest BCUT2D eigenvalue weighted by atomic mass is 9.60. The smallest absolute Gasteiger partial charge is 0.339 e. The minimum Gasteiger partial charge on any atom is -0.466 e. The first kappa shape index (κ1) is 22.4. The number of rotatable bonds is 2. The number of para-hydroxylation sites is 2. The summed E-state index contributed by atoms with van der Waals surface area (Å²) in [6.45, 7) is 4.02. The Kier molecular flexibility index (Phi) is 4.98. The number of Topliss-reactive ketones (excluding diaryl/α,β-unsaturated/α-hetero) is 1. The van der Waals surface area contributed by atoms with Gasteiger partial charge in [0.1, 0.15) is 16.8 Å². The Bertz CT molecular complexity index is 1340. The highest BCUT2D eigenvalue weighted by atomic mass is 79.9. The van der Waals surface area contributed by atoms with Crippen molar-refractivity contribution in [2.24, 2.45) is 11.1 Å². The number of nitrogens with two attached hydrogens (primary N) is 1. The zero-order valence-corrected chi connectivity index (χ0v) is 20.7. The fourth-order valence-electron chi connectivity index (χ4n) is 5.50. The number of carbonyl (C=O) groups excluding carboxylic acids is 3. The predicted molar refractivity (Wildman–Crippen MR) is 132 cm³/mol. The number of amides is 1. The number of ketones is 1. The maximum Gasteiger partial charge on any atom is 0.339 e. The number of fused-ring (bicyclic) bond motifs is 3. The van der Waals surface area contributed by atoms with Gasteiger partial charge in [-0.05, 0) is 46.0 Å². The lowest BCUT2D eigenvalue weighted by molar-refractivity contribution is -0.138. The molecule has 0 saturated heterocycles. The number of nitrogens with one attached hydrogen (secondary N) is 1. The number of carbonyl (C=O) groups is 3. The van der Waals surface area contributed by atoms with Crippen molar-refractivity contribution < 1.29 is 19.1 Å². The monoisotopic (exact) mass is 521 g/mol. The summed E-state index contributed by atoms with van der Waals surface area (Å²) in [6, 6.07) is 14.5. The topological polar surface area (TPSA) is 102 Å². The van der Waals surface area contributed by atoms with E-state index in [0.29, 0.717) is 29.1 Å². The minimum atomic E-state index is -1.69. The van der Waals surface area contributed by atoms with Crippen LogP contribution in [0.2, 0.25) is 0 Å². The number of hydrogen-bond acceptors (Lipinski definition) is 6. The number of allylic oxidation sites excluding steroid dienone is 1. The van der Waals surface area contributed by atoms with Crippen LogP contribution in [0.3, 0.4) is 0 Å². The molecule has 174 valence electrons. The van der Waals surface area contributed by atoms with Gasteiger partial charge in [-0.15, -0.1) is 0 Å². The van der Waals surface area contributed by atoms with Crippen LogP contribution < -0.4 is 16.0 Å². The van der Waals surface area contributed by atoms with E-state index < -0.39 is 17.3 Å². The van der Waals surface area contributed by atoms with Gasteiger partial charge in [0.15, 0.2) is 5.78 Å². The van der Waals surface area contributed by atoms with Crippen molar-refractivity contribution in [2.45, 2.75) is 32.1 Å². The van der Waals surface area contributed by atoms with E-state index in [9.17, 15) is 14.4 Å². The van der Waals surface area contributed by atoms with Gasteiger partial charge in [-0.25, -0.2) is 4.79 Å². The lowest BCUT2D eigenvalue weighted by Gasteiger charge is -2.47. The van der Waals surface area contributed by atoms with Crippen molar-refractivity contribution in [3.63, 3.8) is 0 Å². The largest absolute Gasteiger partial charge is 0.466 e. The van der Waals surface area contributed by atoms with Gasteiger partial charge < -0.3 is 15.8 Å². The van der Waals surface area contributed by atoms with E-state index in [4.69, 9.17) is 10.5 Å². The maximum absolute atomic E-state index is 13.9. The molecule has 0 saturated carbocycles. The van der Waals surface area contributed by atoms with Gasteiger partial charge in [0.2, 0.25) is 5.91 Å². The SMILES string of the molecule is COC(=O)C1=C(N)N(c2ccccc2Br)C2=C(C(=O)CC(C)(C)C2)C12C(=O)Nc1ccccc12. The molecule has 0 aromatic heterocycles. The molecule has 1 unspecified atom stereocenters. The molecule has 1 aliphatic carbocycles. The second-order valence-electron chi connectivity index (χ2n) is 9.55. The van der Waals surface area contributed by atoms with E-state index in [0.717, 1.165) is 4.47 Å². The molecular formula is C26H24BrN3O4. The van der Waals surface area contributed by atoms with Gasteiger partial charge in [0.25, 0.3) is 0 Å². The predicted octanol–water partition coefficient (Wildman–Crippen LogP) is 4.15. The Morgan fingerprint density at radius 1 is 1.09 bits per heavy atom. The third-order valence-electron chi connectivity index (χ3n) is 6.77. The summed E-state index contributed by atoms with van der Waals surface area (Å²) in [5.41, 5.74) is 7.29. The van der Waals surface area contributed by atoms with E-state index in [1.54, 1.807) is 29.2 Å². The summed E-state index contributed by atoms with van der Waals surface area (Å²) >= 11 is 3.58. The molecule has 2 aromatic rings. The van der Waals surface area contributed by atoms with E-state index >= 15 is 0 Å². The average Bonchev–Trinajstić information content (AvgIpc) is 3.05. The number of nitrogens with zero attached hydrogens (tertiary/aromatic N) is 1. The Labute approximate surface area is 205 Å². The third-order valence-corrected chi connectivity index (χ3v) is 7.44. The fourth-order valence-corrected chi connectivity index (χ4v) is 5.96. The van der Waals surface area contributed by atoms with Crippen LogP contribution in [-0.4, -0.2) is 24.8 Å². The molecule has 0 bridgehead atoms. The summed E-state index contributed by atoms with van der Waals surface area (Å²) in [5.74, 6) is -1.37. The quantitative estimate of drug-likeness (QED) is 0.575. The summed E-state index contributed by atoms with van der Waals surface area (Å²) in [5, 5.41) is 2.88. The molecule has 3 N–H and O–H groups in total. The summed E-state index contributed by atoms with van der Waals surface area (Å²) in [7, 11) is 1.24. The van der Waals surface area contributed by atoms with Crippen molar-refractivity contribution in [1.82, 2.24) is 0 Å². The van der Waals surface area contributed by atoms with Crippen LogP contribution in [0.4, 0.5) is 11.4 Å². The number of anilines is 2. The molecule has 1 atom stereocenters. The fraction of sp³-hybridized carbons (Fsp3) is 0.269. The number of methoxy groups -OCH3 is 1. The highest BCUT2D eigenvalue weighted by Gasteiger charge is 2.62. The average molecular weight is 522 g/mol. The van der Waals surface area contributed by atoms with Crippen LogP contribution in [0, 0.1) is 5.41 Å². The van der Waals surface area contributed by atoms with Crippen LogP contribution in [-0.2, 0) is 24.5 Å². The highest BCUT2D eigenvalue weighted by Crippen LogP contribution is 2.57. The van der Waals surface area contributed by atoms with Crippen LogP contribution in [0.5, 0.6) is 0 Å². The standard InChI is InChI=1S/C26H24BrN3O4/c1-25(2)12-18-20(19(31)13-25)26(14-8-4-6-10-16(14)29-24(26)33)21(23(32)34-3)22(28)30(18)17-11-7-5-9-15(17)27/h4-11H,12-13,28H2,1-3H3,(H,29,33). The molecule has 2 heterocycles. The summed E-state index contributed by atoms with van der Waals surface area (Å²) < 4.78 is 5.88. The van der Waals surface area contributed by atoms with Crippen molar-refractivity contribution in [2.75, 3.05) is 17.3 Å². The van der Waals surface area contributed by atoms with Gasteiger partial charge in [0.05, 0.1) is 12.8 Å². The molecule has 7 nitrogen and oxygen atoms in total. The van der Waals surface area contributed by atoms with E-state index in [-0.39, 0.29) is 34.6 Å². The Morgan fingerprint density at radius 2 is 1.76 bits per heavy atom. The molecule has 1 spiro atoms. The van der Waals surface area contributed by atoms with Gasteiger partial charge >= 0.3 is 5.97 Å². The normalized spacial score (nSPS) is 23.1. The Morgan fingerprint density at radius 3 is 2.47 bits per heavy atom. The first-order valence-corrected chi connectivity index (χ1v) is 11.7. The van der Waals surface area contributed by atoms with Crippen LogP contribution >= 0.6 is 15.9 Å². The zero-order valence-electron chi connectivity index (χ0n) is 19.1. The van der Waals surface area contributed by atoms with Gasteiger partial charge in [-0.3, -0.25) is 14.5 Å². The summed E-state index contributed by atoms with van der Waals surface area (Å²) in [6.07, 6.45) is 0.725. The minimum absolute atomic E-state index is 0.0555. The van der Waals surface area contributed by atoms with Crippen LogP contribution in [0.25, 0.3) is 0 Å². The van der Waals surface area contributed by atoms with Crippen molar-refractivity contribution >= 4 is 45.0 Å². The Hall–Kier alpha value is -3.39. The van der Waals surface area contributed by atoms with Crippen LogP contribution in [0.1, 0.15) is 32.3 Å². The van der Waals surface area contributed by atoms with Gasteiger partial charge in [-0.1, -0.05) is 44.2 Å². The second kappa shape index (κ2) is 7.56. The molecule has 0 radical (unpaired) electrons. The molecule has 0 fully saturated rings. The molecule has 8 heteroatoms. The third kappa shape index (κ3) is 2.91. The Balaban J connectivity index is 1.95. The van der Waals surface area contributed by atoms with Crippen LogP contribution in [0.15, 0.2) is 75.7 Å². The highest BCUT2D eigenvalue weighted by molar-refractivity contribution is 9.10. The van der Waals surface area contributed by atoms with Crippen molar-refractivity contribution in [1.29, 1.82) is 0 Å². The van der Waals surface area contributed by atoms with E-state index in [1.807, 2.05) is 38.1 Å². The summed E-state index contributed by atoms with van der Waals surface area (Å²) in [4.78, 5) is 42.8. The second-order valence-corrected chi connectivity index (χ2v) is 10.4. The molecule has 34 heavy (non-hydrogen) atoms. The van der Waals surface area contributed by atoms with Gasteiger partial charge in [0, 0.05) is 33.4 Å². The number of benzene rings is 2. The lowest BCUT2D eigenvalue weighted by Crippen LogP contribution is -2.54. The van der Waals surface area contributed by atoms with Crippen molar-refractivity contribution in [3.8, 4) is 0 Å². The molecule has 3 aliphatic rings. The first-order chi connectivity index (χ1) is 16.1.